The number of carbonyl (C=O) groups excluding carboxylic acids is 1. The van der Waals surface area contributed by atoms with Crippen LogP contribution in [-0.4, -0.2) is 23.0 Å². The number of rotatable bonds is 5. The van der Waals surface area contributed by atoms with E-state index in [-0.39, 0.29) is 23.0 Å². The molecule has 0 atom stereocenters. The summed E-state index contributed by atoms with van der Waals surface area (Å²) in [6.07, 6.45) is 0. The molecule has 0 aliphatic rings. The van der Waals surface area contributed by atoms with E-state index in [4.69, 9.17) is 4.74 Å². The van der Waals surface area contributed by atoms with E-state index in [1.54, 1.807) is 24.3 Å². The van der Waals surface area contributed by atoms with Gasteiger partial charge in [0.05, 0.1) is 12.8 Å². The Labute approximate surface area is 158 Å². The van der Waals surface area contributed by atoms with Crippen molar-refractivity contribution in [3.63, 3.8) is 0 Å². The number of hydrogen-bond acceptors (Lipinski definition) is 5. The van der Waals surface area contributed by atoms with Crippen LogP contribution in [0.15, 0.2) is 42.5 Å². The van der Waals surface area contributed by atoms with Crippen molar-refractivity contribution in [2.24, 2.45) is 0 Å². The highest BCUT2D eigenvalue weighted by Crippen LogP contribution is 2.23. The number of hydrogen-bond donors (Lipinski definition) is 2. The van der Waals surface area contributed by atoms with Gasteiger partial charge in [-0.3, -0.25) is 4.79 Å². The maximum atomic E-state index is 13.8. The Morgan fingerprint density at radius 1 is 1.00 bits per heavy atom. The molecule has 2 aromatic carbocycles. The summed E-state index contributed by atoms with van der Waals surface area (Å²) in [4.78, 5) is 20.5. The molecular weight excluding hydrogens is 373 g/mol. The zero-order chi connectivity index (χ0) is 20.3. The van der Waals surface area contributed by atoms with Gasteiger partial charge in [-0.2, -0.15) is 0 Å². The number of anilines is 3. The average Bonchev–Trinajstić information content (AvgIpc) is 2.68. The molecule has 0 bridgehead atoms. The number of nitrogens with zero attached hydrogens (tertiary/aromatic N) is 2. The second-order valence-electron chi connectivity index (χ2n) is 5.72. The van der Waals surface area contributed by atoms with Gasteiger partial charge in [-0.15, -0.1) is 0 Å². The average molecular weight is 388 g/mol. The maximum absolute atomic E-state index is 13.8. The Bertz CT molecular complexity index is 1030. The number of aromatic nitrogens is 2. The van der Waals surface area contributed by atoms with Gasteiger partial charge >= 0.3 is 0 Å². The van der Waals surface area contributed by atoms with Crippen LogP contribution in [0.25, 0.3) is 0 Å². The number of methoxy groups -OCH3 is 1. The van der Waals surface area contributed by atoms with Crippen LogP contribution < -0.4 is 15.4 Å². The van der Waals surface area contributed by atoms with E-state index < -0.39 is 23.4 Å². The second kappa shape index (κ2) is 7.95. The fourth-order valence-corrected chi connectivity index (χ4v) is 2.38. The lowest BCUT2D eigenvalue weighted by atomic mass is 10.2. The van der Waals surface area contributed by atoms with E-state index in [2.05, 4.69) is 20.6 Å². The van der Waals surface area contributed by atoms with Gasteiger partial charge < -0.3 is 15.4 Å². The van der Waals surface area contributed by atoms with Gasteiger partial charge in [0.25, 0.3) is 5.91 Å². The van der Waals surface area contributed by atoms with Crippen LogP contribution in [0.1, 0.15) is 16.3 Å². The van der Waals surface area contributed by atoms with Crippen molar-refractivity contribution < 1.29 is 22.7 Å². The first kappa shape index (κ1) is 19.2. The normalized spacial score (nSPS) is 10.5. The molecule has 0 unspecified atom stereocenters. The van der Waals surface area contributed by atoms with Crippen LogP contribution in [-0.2, 0) is 0 Å². The number of carbonyl (C=O) groups is 1. The predicted molar refractivity (Wildman–Crippen MR) is 97.3 cm³/mol. The number of halogens is 3. The third kappa shape index (κ3) is 4.20. The Balaban J connectivity index is 1.82. The van der Waals surface area contributed by atoms with Crippen molar-refractivity contribution in [1.82, 2.24) is 9.97 Å². The molecular formula is C19H15F3N4O2. The molecule has 0 aliphatic heterocycles. The van der Waals surface area contributed by atoms with Gasteiger partial charge in [-0.05, 0) is 43.3 Å². The Kier molecular flexibility index (Phi) is 5.44. The smallest absolute Gasteiger partial charge is 0.274 e. The molecule has 2 N–H and O–H groups in total. The van der Waals surface area contributed by atoms with E-state index in [9.17, 15) is 18.0 Å². The zero-order valence-electron chi connectivity index (χ0n) is 14.9. The van der Waals surface area contributed by atoms with Crippen molar-refractivity contribution >= 4 is 23.1 Å². The molecule has 0 saturated carbocycles. The molecule has 1 aromatic heterocycles. The fraction of sp³-hybridized carbons (Fsp3) is 0.105. The Morgan fingerprint density at radius 3 is 2.39 bits per heavy atom. The second-order valence-corrected chi connectivity index (χ2v) is 5.72. The van der Waals surface area contributed by atoms with E-state index >= 15 is 0 Å². The van der Waals surface area contributed by atoms with E-state index in [0.717, 1.165) is 12.1 Å². The molecule has 0 saturated heterocycles. The molecule has 9 heteroatoms. The quantitative estimate of drug-likeness (QED) is 0.641. The number of amides is 1. The van der Waals surface area contributed by atoms with Crippen LogP contribution in [0.2, 0.25) is 0 Å². The van der Waals surface area contributed by atoms with E-state index in [1.165, 1.54) is 20.1 Å². The van der Waals surface area contributed by atoms with Crippen molar-refractivity contribution in [2.45, 2.75) is 6.92 Å². The first-order chi connectivity index (χ1) is 13.4. The molecule has 0 aliphatic carbocycles. The minimum absolute atomic E-state index is 0.00816. The van der Waals surface area contributed by atoms with Crippen molar-refractivity contribution in [3.8, 4) is 5.75 Å². The minimum Gasteiger partial charge on any atom is -0.497 e. The summed E-state index contributed by atoms with van der Waals surface area (Å²) in [7, 11) is 1.53. The molecule has 6 nitrogen and oxygen atoms in total. The van der Waals surface area contributed by atoms with Crippen LogP contribution in [0.3, 0.4) is 0 Å². The summed E-state index contributed by atoms with van der Waals surface area (Å²) in [5, 5.41) is 5.19. The van der Waals surface area contributed by atoms with Crippen molar-refractivity contribution in [1.29, 1.82) is 0 Å². The summed E-state index contributed by atoms with van der Waals surface area (Å²) in [6, 6.07) is 9.75. The molecule has 0 fully saturated rings. The molecule has 0 radical (unpaired) electrons. The highest BCUT2D eigenvalue weighted by Gasteiger charge is 2.16. The van der Waals surface area contributed by atoms with Gasteiger partial charge in [0.2, 0.25) is 0 Å². The van der Waals surface area contributed by atoms with Crippen molar-refractivity contribution in [2.75, 3.05) is 17.7 Å². The third-order valence-corrected chi connectivity index (χ3v) is 3.72. The van der Waals surface area contributed by atoms with E-state index in [0.29, 0.717) is 11.4 Å². The number of ether oxygens (including phenoxy) is 1. The van der Waals surface area contributed by atoms with Crippen LogP contribution in [0, 0.1) is 24.4 Å². The summed E-state index contributed by atoms with van der Waals surface area (Å²) < 4.78 is 45.3. The first-order valence-electron chi connectivity index (χ1n) is 8.09. The molecule has 0 spiro atoms. The van der Waals surface area contributed by atoms with Crippen LogP contribution in [0.5, 0.6) is 5.75 Å². The molecule has 3 rings (SSSR count). The summed E-state index contributed by atoms with van der Waals surface area (Å²) in [6.45, 7) is 1.54. The topological polar surface area (TPSA) is 76.1 Å². The lowest BCUT2D eigenvalue weighted by Gasteiger charge is -2.10. The molecule has 1 amide bonds. The first-order valence-corrected chi connectivity index (χ1v) is 8.09. The van der Waals surface area contributed by atoms with Gasteiger partial charge in [-0.1, -0.05) is 0 Å². The lowest BCUT2D eigenvalue weighted by molar-refractivity contribution is 0.102. The number of benzene rings is 2. The molecule has 144 valence electrons. The SMILES string of the molecule is COc1ccc(NC(=O)c2cc(Nc3ccc(F)c(F)c3F)nc(C)n2)cc1. The zero-order valence-corrected chi connectivity index (χ0v) is 14.9. The molecule has 3 aromatic rings. The van der Waals surface area contributed by atoms with Gasteiger partial charge in [-0.25, -0.2) is 23.1 Å². The van der Waals surface area contributed by atoms with Crippen molar-refractivity contribution in [3.05, 3.63) is 71.4 Å². The standard InChI is InChI=1S/C19H15F3N4O2/c1-10-23-15(19(27)25-11-3-5-12(28-2)6-4-11)9-16(24-10)26-14-8-7-13(20)17(21)18(14)22/h3-9H,1-2H3,(H,25,27)(H,23,24,26). The molecule has 28 heavy (non-hydrogen) atoms. The fourth-order valence-electron chi connectivity index (χ4n) is 2.38. The van der Waals surface area contributed by atoms with Gasteiger partial charge in [0, 0.05) is 11.8 Å². The van der Waals surface area contributed by atoms with Crippen LogP contribution >= 0.6 is 0 Å². The summed E-state index contributed by atoms with van der Waals surface area (Å²) in [5.74, 6) is -3.90. The predicted octanol–water partition coefficient (Wildman–Crippen LogP) is 4.21. The van der Waals surface area contributed by atoms with Gasteiger partial charge in [0.15, 0.2) is 17.5 Å². The highest BCUT2D eigenvalue weighted by atomic mass is 19.2. The molecule has 1 heterocycles. The van der Waals surface area contributed by atoms with Crippen LogP contribution in [0.4, 0.5) is 30.4 Å². The Hall–Kier alpha value is -3.62. The minimum atomic E-state index is -1.60. The maximum Gasteiger partial charge on any atom is 0.274 e. The number of nitrogens with one attached hydrogen (secondary N) is 2. The monoisotopic (exact) mass is 388 g/mol. The largest absolute Gasteiger partial charge is 0.497 e. The number of aryl methyl sites for hydroxylation is 1. The van der Waals surface area contributed by atoms with E-state index in [1.807, 2.05) is 0 Å². The summed E-state index contributed by atoms with van der Waals surface area (Å²) in [5.41, 5.74) is 0.204. The Morgan fingerprint density at radius 2 is 1.71 bits per heavy atom. The highest BCUT2D eigenvalue weighted by molar-refractivity contribution is 6.03. The van der Waals surface area contributed by atoms with Gasteiger partial charge in [0.1, 0.15) is 23.1 Å². The lowest BCUT2D eigenvalue weighted by Crippen LogP contribution is -2.15. The third-order valence-electron chi connectivity index (χ3n) is 3.72. The summed E-state index contributed by atoms with van der Waals surface area (Å²) >= 11 is 0.